The van der Waals surface area contributed by atoms with Crippen LogP contribution in [0.4, 0.5) is 4.39 Å². The van der Waals surface area contributed by atoms with Crippen LogP contribution >= 0.6 is 0 Å². The maximum absolute atomic E-state index is 13.5. The van der Waals surface area contributed by atoms with Gasteiger partial charge in [-0.15, -0.1) is 0 Å². The molecule has 4 rings (SSSR count). The number of fused-ring (bicyclic) bond motifs is 1. The Morgan fingerprint density at radius 3 is 2.93 bits per heavy atom. The number of pyridine rings is 1. The molecule has 0 N–H and O–H groups in total. The van der Waals surface area contributed by atoms with Crippen molar-refractivity contribution >= 4 is 12.2 Å². The van der Waals surface area contributed by atoms with Gasteiger partial charge in [0.05, 0.1) is 24.6 Å². The van der Waals surface area contributed by atoms with Crippen LogP contribution in [-0.4, -0.2) is 44.2 Å². The summed E-state index contributed by atoms with van der Waals surface area (Å²) in [4.78, 5) is 20.1. The molecule has 4 heterocycles. The van der Waals surface area contributed by atoms with Crippen LogP contribution < -0.4 is 0 Å². The summed E-state index contributed by atoms with van der Waals surface area (Å²) in [7, 11) is 0. The van der Waals surface area contributed by atoms with E-state index in [1.165, 1.54) is 11.6 Å². The van der Waals surface area contributed by atoms with Crippen LogP contribution in [0.1, 0.15) is 33.1 Å². The van der Waals surface area contributed by atoms with Crippen LogP contribution in [0.2, 0.25) is 0 Å². The summed E-state index contributed by atoms with van der Waals surface area (Å²) in [6.07, 6.45) is 8.47. The van der Waals surface area contributed by atoms with E-state index in [4.69, 9.17) is 9.98 Å². The molecule has 7 heteroatoms. The topological polar surface area (TPSA) is 58.7 Å². The Morgan fingerprint density at radius 1 is 1.26 bits per heavy atom. The molecule has 0 bridgehead atoms. The zero-order chi connectivity index (χ0) is 18.8. The number of allylic oxidation sites excluding steroid dienone is 1. The largest absolute Gasteiger partial charge is 0.324 e. The number of aromatic nitrogens is 3. The summed E-state index contributed by atoms with van der Waals surface area (Å²) in [5.41, 5.74) is 2.70. The fourth-order valence-corrected chi connectivity index (χ4v) is 3.53. The lowest BCUT2D eigenvalue weighted by Crippen LogP contribution is -2.32. The standard InChI is InChI=1S/C20H23FN6/c1-3-6-15-17(23-13-27-11-14(4-2)24-19(15)27)12-26-10-9-22-20(26)16-7-5-8-18(21)25-16/h5,7-10,13-14H,3-4,6,11-12H2,1-2H3. The molecule has 0 saturated heterocycles. The first-order chi connectivity index (χ1) is 13.2. The third-order valence-electron chi connectivity index (χ3n) is 4.91. The fourth-order valence-electron chi connectivity index (χ4n) is 3.53. The normalized spacial score (nSPS) is 18.9. The average molecular weight is 366 g/mol. The van der Waals surface area contributed by atoms with Crippen molar-refractivity contribution in [2.45, 2.75) is 45.7 Å². The lowest BCUT2D eigenvalue weighted by atomic mass is 10.1. The van der Waals surface area contributed by atoms with Crippen molar-refractivity contribution < 1.29 is 4.39 Å². The molecular weight excluding hydrogens is 343 g/mol. The zero-order valence-corrected chi connectivity index (χ0v) is 15.6. The van der Waals surface area contributed by atoms with Crippen molar-refractivity contribution in [2.75, 3.05) is 6.54 Å². The van der Waals surface area contributed by atoms with E-state index in [1.54, 1.807) is 18.3 Å². The maximum Gasteiger partial charge on any atom is 0.213 e. The van der Waals surface area contributed by atoms with Gasteiger partial charge in [-0.2, -0.15) is 4.39 Å². The van der Waals surface area contributed by atoms with Gasteiger partial charge in [-0.3, -0.25) is 4.99 Å². The summed E-state index contributed by atoms with van der Waals surface area (Å²) < 4.78 is 15.5. The molecule has 2 aliphatic rings. The summed E-state index contributed by atoms with van der Waals surface area (Å²) >= 11 is 0. The number of halogens is 1. The summed E-state index contributed by atoms with van der Waals surface area (Å²) in [6.45, 7) is 5.79. The van der Waals surface area contributed by atoms with Gasteiger partial charge in [0.2, 0.25) is 5.95 Å². The van der Waals surface area contributed by atoms with Crippen LogP contribution in [0, 0.1) is 5.95 Å². The predicted molar refractivity (Wildman–Crippen MR) is 104 cm³/mol. The van der Waals surface area contributed by atoms with Crippen LogP contribution in [0.15, 0.2) is 51.8 Å². The Hall–Kier alpha value is -2.83. The highest BCUT2D eigenvalue weighted by atomic mass is 19.1. The predicted octanol–water partition coefficient (Wildman–Crippen LogP) is 3.67. The van der Waals surface area contributed by atoms with Crippen molar-refractivity contribution in [3.8, 4) is 11.5 Å². The molecule has 1 atom stereocenters. The Labute approximate surface area is 158 Å². The van der Waals surface area contributed by atoms with Gasteiger partial charge in [0.25, 0.3) is 0 Å². The lowest BCUT2D eigenvalue weighted by molar-refractivity contribution is 0.564. The molecule has 0 radical (unpaired) electrons. The van der Waals surface area contributed by atoms with E-state index >= 15 is 0 Å². The van der Waals surface area contributed by atoms with Crippen LogP contribution in [0.3, 0.4) is 0 Å². The number of nitrogens with zero attached hydrogens (tertiary/aromatic N) is 6. The van der Waals surface area contributed by atoms with Gasteiger partial charge in [0, 0.05) is 24.5 Å². The molecule has 0 aromatic carbocycles. The van der Waals surface area contributed by atoms with E-state index in [2.05, 4.69) is 28.7 Å². The van der Waals surface area contributed by atoms with Gasteiger partial charge in [0.1, 0.15) is 11.5 Å². The quantitative estimate of drug-likeness (QED) is 0.733. The first-order valence-corrected chi connectivity index (χ1v) is 9.44. The maximum atomic E-state index is 13.5. The van der Waals surface area contributed by atoms with Crippen LogP contribution in [-0.2, 0) is 6.54 Å². The van der Waals surface area contributed by atoms with Gasteiger partial charge >= 0.3 is 0 Å². The molecule has 27 heavy (non-hydrogen) atoms. The Morgan fingerprint density at radius 2 is 2.15 bits per heavy atom. The number of imidazole rings is 1. The van der Waals surface area contributed by atoms with Crippen LogP contribution in [0.25, 0.3) is 11.5 Å². The Balaban J connectivity index is 1.69. The average Bonchev–Trinajstić information content (AvgIpc) is 3.30. The van der Waals surface area contributed by atoms with Gasteiger partial charge in [-0.25, -0.2) is 15.0 Å². The van der Waals surface area contributed by atoms with E-state index in [0.717, 1.165) is 37.3 Å². The minimum absolute atomic E-state index is 0.331. The highest BCUT2D eigenvalue weighted by Gasteiger charge is 2.29. The zero-order valence-electron chi connectivity index (χ0n) is 15.6. The molecule has 140 valence electrons. The SMILES string of the molecule is CCCC1=C(Cn2ccnc2-c2cccc(F)n2)N=CN2CC(CC)N=C12. The number of amidine groups is 1. The number of hydrogen-bond acceptors (Lipinski definition) is 5. The Bertz CT molecular complexity index is 926. The molecule has 1 unspecified atom stereocenters. The summed E-state index contributed by atoms with van der Waals surface area (Å²) in [5, 5.41) is 0. The van der Waals surface area contributed by atoms with Gasteiger partial charge < -0.3 is 9.47 Å². The van der Waals surface area contributed by atoms with Gasteiger partial charge in [-0.05, 0) is 25.0 Å². The second kappa shape index (κ2) is 7.42. The summed E-state index contributed by atoms with van der Waals surface area (Å²) in [6, 6.07) is 5.08. The first-order valence-electron chi connectivity index (χ1n) is 9.44. The molecule has 0 aliphatic carbocycles. The van der Waals surface area contributed by atoms with Crippen LogP contribution in [0.5, 0.6) is 0 Å². The fraction of sp³-hybridized carbons (Fsp3) is 0.400. The first kappa shape index (κ1) is 17.6. The lowest BCUT2D eigenvalue weighted by Gasteiger charge is -2.24. The molecular formula is C20H23FN6. The van der Waals surface area contributed by atoms with Crippen molar-refractivity contribution in [2.24, 2.45) is 9.98 Å². The number of rotatable bonds is 6. The van der Waals surface area contributed by atoms with Gasteiger partial charge in [-0.1, -0.05) is 26.3 Å². The second-order valence-electron chi connectivity index (χ2n) is 6.81. The minimum atomic E-state index is -0.509. The third-order valence-corrected chi connectivity index (χ3v) is 4.91. The van der Waals surface area contributed by atoms with Crippen molar-refractivity contribution in [3.63, 3.8) is 0 Å². The number of aliphatic imine (C=N–C) groups is 2. The van der Waals surface area contributed by atoms with Crippen molar-refractivity contribution in [3.05, 3.63) is 47.8 Å². The minimum Gasteiger partial charge on any atom is -0.324 e. The molecule has 6 nitrogen and oxygen atoms in total. The highest BCUT2D eigenvalue weighted by molar-refractivity contribution is 6.07. The molecule has 2 aromatic rings. The Kier molecular flexibility index (Phi) is 4.83. The second-order valence-corrected chi connectivity index (χ2v) is 6.81. The monoisotopic (exact) mass is 366 g/mol. The van der Waals surface area contributed by atoms with E-state index < -0.39 is 5.95 Å². The van der Waals surface area contributed by atoms with E-state index in [-0.39, 0.29) is 0 Å². The van der Waals surface area contributed by atoms with Crippen molar-refractivity contribution in [1.29, 1.82) is 0 Å². The van der Waals surface area contributed by atoms with Gasteiger partial charge in [0.15, 0.2) is 5.82 Å². The van der Waals surface area contributed by atoms with E-state index in [0.29, 0.717) is 24.1 Å². The molecule has 2 aliphatic heterocycles. The summed E-state index contributed by atoms with van der Waals surface area (Å²) in [5.74, 6) is 1.18. The van der Waals surface area contributed by atoms with E-state index in [1.807, 2.05) is 17.1 Å². The molecule has 0 amide bonds. The van der Waals surface area contributed by atoms with Crippen molar-refractivity contribution in [1.82, 2.24) is 19.4 Å². The highest BCUT2D eigenvalue weighted by Crippen LogP contribution is 2.27. The third kappa shape index (κ3) is 3.41. The molecule has 0 fully saturated rings. The molecule has 0 saturated carbocycles. The van der Waals surface area contributed by atoms with E-state index in [9.17, 15) is 4.39 Å². The molecule has 0 spiro atoms. The number of hydrogen-bond donors (Lipinski definition) is 0. The molecule has 2 aromatic heterocycles. The smallest absolute Gasteiger partial charge is 0.213 e.